The highest BCUT2D eigenvalue weighted by Gasteiger charge is 2.39. The fraction of sp³-hybridized carbons (Fsp3) is 0.625. The van der Waals surface area contributed by atoms with Crippen LogP contribution in [0.1, 0.15) is 44.1 Å². The molecule has 0 bridgehead atoms. The van der Waals surface area contributed by atoms with Gasteiger partial charge in [0.15, 0.2) is 0 Å². The molecule has 2 aliphatic carbocycles. The van der Waals surface area contributed by atoms with Crippen LogP contribution in [-0.2, 0) is 6.42 Å². The van der Waals surface area contributed by atoms with Crippen LogP contribution in [0, 0.1) is 11.8 Å². The van der Waals surface area contributed by atoms with Crippen molar-refractivity contribution in [2.45, 2.75) is 50.5 Å². The van der Waals surface area contributed by atoms with E-state index < -0.39 is 0 Å². The van der Waals surface area contributed by atoms with Crippen LogP contribution >= 0.6 is 11.6 Å². The highest BCUT2D eigenvalue weighted by Crippen LogP contribution is 2.46. The number of hydrogen-bond donors (Lipinski definition) is 1. The van der Waals surface area contributed by atoms with Gasteiger partial charge in [-0.15, -0.1) is 0 Å². The first-order valence-corrected chi connectivity index (χ1v) is 7.56. The molecular formula is C16H22ClN. The largest absolute Gasteiger partial charge is 0.325 e. The number of benzene rings is 1. The predicted octanol–water partition coefficient (Wildman–Crippen LogP) is 4.18. The topological polar surface area (TPSA) is 26.0 Å². The van der Waals surface area contributed by atoms with E-state index >= 15 is 0 Å². The third kappa shape index (κ3) is 2.89. The zero-order valence-corrected chi connectivity index (χ0v) is 11.6. The Hall–Kier alpha value is -0.530. The maximum absolute atomic E-state index is 6.65. The van der Waals surface area contributed by atoms with Crippen LogP contribution in [-0.4, -0.2) is 5.54 Å². The number of hydrogen-bond acceptors (Lipinski definition) is 1. The summed E-state index contributed by atoms with van der Waals surface area (Å²) in [4.78, 5) is 0. The predicted molar refractivity (Wildman–Crippen MR) is 76.8 cm³/mol. The number of rotatable bonds is 3. The Bertz CT molecular complexity index is 410. The molecular weight excluding hydrogens is 242 g/mol. The zero-order valence-electron chi connectivity index (χ0n) is 10.9. The Morgan fingerprint density at radius 2 is 1.83 bits per heavy atom. The summed E-state index contributed by atoms with van der Waals surface area (Å²) >= 11 is 5.93. The zero-order chi connectivity index (χ0) is 12.6. The minimum atomic E-state index is 0.0271. The lowest BCUT2D eigenvalue weighted by atomic mass is 9.72. The lowest BCUT2D eigenvalue weighted by Crippen LogP contribution is -2.46. The molecule has 2 atom stereocenters. The van der Waals surface area contributed by atoms with Gasteiger partial charge in [-0.1, -0.05) is 36.6 Å². The summed E-state index contributed by atoms with van der Waals surface area (Å²) in [7, 11) is 0. The van der Waals surface area contributed by atoms with E-state index in [1.54, 1.807) is 0 Å². The molecule has 0 aliphatic heterocycles. The van der Waals surface area contributed by atoms with Gasteiger partial charge < -0.3 is 5.73 Å². The smallest absolute Gasteiger partial charge is 0.0406 e. The van der Waals surface area contributed by atoms with Gasteiger partial charge in [0.05, 0.1) is 0 Å². The summed E-state index contributed by atoms with van der Waals surface area (Å²) < 4.78 is 0. The first-order valence-electron chi connectivity index (χ1n) is 7.18. The molecule has 1 aromatic rings. The lowest BCUT2D eigenvalue weighted by Gasteiger charge is -2.38. The fourth-order valence-corrected chi connectivity index (χ4v) is 3.71. The minimum Gasteiger partial charge on any atom is -0.325 e. The molecule has 0 aromatic heterocycles. The van der Waals surface area contributed by atoms with E-state index in [2.05, 4.69) is 12.1 Å². The number of halogens is 1. The van der Waals surface area contributed by atoms with Crippen molar-refractivity contribution in [2.75, 3.05) is 0 Å². The van der Waals surface area contributed by atoms with E-state index in [9.17, 15) is 0 Å². The molecule has 2 heteroatoms. The molecule has 0 heterocycles. The van der Waals surface area contributed by atoms with Crippen LogP contribution in [0.15, 0.2) is 24.3 Å². The molecule has 1 aromatic carbocycles. The van der Waals surface area contributed by atoms with Crippen LogP contribution < -0.4 is 5.73 Å². The number of nitrogens with two attached hydrogens (primary N) is 1. The molecule has 18 heavy (non-hydrogen) atoms. The molecule has 3 rings (SSSR count). The minimum absolute atomic E-state index is 0.0271. The van der Waals surface area contributed by atoms with Crippen molar-refractivity contribution in [3.63, 3.8) is 0 Å². The van der Waals surface area contributed by atoms with Gasteiger partial charge in [0.25, 0.3) is 0 Å². The Kier molecular flexibility index (Phi) is 3.38. The maximum atomic E-state index is 6.65. The van der Waals surface area contributed by atoms with Crippen molar-refractivity contribution in [1.29, 1.82) is 0 Å². The van der Waals surface area contributed by atoms with Gasteiger partial charge in [0, 0.05) is 10.6 Å². The van der Waals surface area contributed by atoms with Crippen molar-refractivity contribution >= 4 is 11.6 Å². The van der Waals surface area contributed by atoms with Gasteiger partial charge >= 0.3 is 0 Å². The van der Waals surface area contributed by atoms with Gasteiger partial charge in [0.2, 0.25) is 0 Å². The molecule has 2 fully saturated rings. The van der Waals surface area contributed by atoms with E-state index in [1.165, 1.54) is 44.1 Å². The third-order valence-corrected chi connectivity index (χ3v) is 4.93. The highest BCUT2D eigenvalue weighted by atomic mass is 35.5. The van der Waals surface area contributed by atoms with Gasteiger partial charge in [-0.3, -0.25) is 0 Å². The first kappa shape index (κ1) is 12.5. The Morgan fingerprint density at radius 1 is 1.11 bits per heavy atom. The van der Waals surface area contributed by atoms with Crippen LogP contribution in [0.2, 0.25) is 5.02 Å². The highest BCUT2D eigenvalue weighted by molar-refractivity contribution is 6.30. The van der Waals surface area contributed by atoms with E-state index in [-0.39, 0.29) is 5.54 Å². The second-order valence-corrected chi connectivity index (χ2v) is 6.80. The van der Waals surface area contributed by atoms with Crippen molar-refractivity contribution in [3.05, 3.63) is 34.9 Å². The molecule has 0 amide bonds. The monoisotopic (exact) mass is 263 g/mol. The van der Waals surface area contributed by atoms with Crippen molar-refractivity contribution in [3.8, 4) is 0 Å². The van der Waals surface area contributed by atoms with E-state index in [1.807, 2.05) is 12.1 Å². The van der Waals surface area contributed by atoms with E-state index in [0.717, 1.165) is 23.3 Å². The molecule has 1 nitrogen and oxygen atoms in total. The first-order chi connectivity index (χ1) is 8.65. The van der Waals surface area contributed by atoms with Crippen molar-refractivity contribution in [1.82, 2.24) is 0 Å². The molecule has 0 radical (unpaired) electrons. The Labute approximate surface area is 115 Å². The summed E-state index contributed by atoms with van der Waals surface area (Å²) in [6, 6.07) is 8.19. The quantitative estimate of drug-likeness (QED) is 0.870. The summed E-state index contributed by atoms with van der Waals surface area (Å²) in [6.45, 7) is 0. The molecule has 98 valence electrons. The maximum Gasteiger partial charge on any atom is 0.0406 e. The summed E-state index contributed by atoms with van der Waals surface area (Å²) in [6.07, 6.45) is 9.02. The average Bonchev–Trinajstić information content (AvgIpc) is 3.16. The SMILES string of the molecule is NC1(Cc2ccc(Cl)cc2)CCCC(C2CC2)C1. The fourth-order valence-electron chi connectivity index (χ4n) is 3.58. The molecule has 0 spiro atoms. The van der Waals surface area contributed by atoms with E-state index in [0.29, 0.717) is 0 Å². The normalized spacial score (nSPS) is 32.4. The molecule has 2 unspecified atom stereocenters. The third-order valence-electron chi connectivity index (χ3n) is 4.68. The lowest BCUT2D eigenvalue weighted by molar-refractivity contribution is 0.204. The average molecular weight is 264 g/mol. The molecule has 2 saturated carbocycles. The van der Waals surface area contributed by atoms with E-state index in [4.69, 9.17) is 17.3 Å². The van der Waals surface area contributed by atoms with Crippen LogP contribution in [0.5, 0.6) is 0 Å². The van der Waals surface area contributed by atoms with Gasteiger partial charge in [0.1, 0.15) is 0 Å². The second kappa shape index (κ2) is 4.86. The van der Waals surface area contributed by atoms with Crippen molar-refractivity contribution in [2.24, 2.45) is 17.6 Å². The summed E-state index contributed by atoms with van der Waals surface area (Å²) in [5.74, 6) is 1.90. The standard InChI is InChI=1S/C16H22ClN/c17-15-7-3-12(4-8-15)10-16(18)9-1-2-14(11-16)13-5-6-13/h3-4,7-8,13-14H,1-2,5-6,9-11,18H2. The second-order valence-electron chi connectivity index (χ2n) is 6.36. The Morgan fingerprint density at radius 3 is 2.50 bits per heavy atom. The van der Waals surface area contributed by atoms with Crippen LogP contribution in [0.4, 0.5) is 0 Å². The van der Waals surface area contributed by atoms with Gasteiger partial charge in [-0.25, -0.2) is 0 Å². The van der Waals surface area contributed by atoms with Crippen LogP contribution in [0.3, 0.4) is 0 Å². The van der Waals surface area contributed by atoms with Crippen molar-refractivity contribution < 1.29 is 0 Å². The summed E-state index contributed by atoms with van der Waals surface area (Å²) in [5, 5.41) is 0.810. The molecule has 2 aliphatic rings. The van der Waals surface area contributed by atoms with Gasteiger partial charge in [-0.2, -0.15) is 0 Å². The van der Waals surface area contributed by atoms with Gasteiger partial charge in [-0.05, 0) is 61.6 Å². The molecule has 0 saturated heterocycles. The Balaban J connectivity index is 1.67. The summed E-state index contributed by atoms with van der Waals surface area (Å²) in [5.41, 5.74) is 8.01. The molecule has 2 N–H and O–H groups in total. The van der Waals surface area contributed by atoms with Crippen LogP contribution in [0.25, 0.3) is 0 Å².